The first-order valence-electron chi connectivity index (χ1n) is 7.83. The van der Waals surface area contributed by atoms with Crippen molar-refractivity contribution in [1.29, 1.82) is 0 Å². The Labute approximate surface area is 138 Å². The van der Waals surface area contributed by atoms with Crippen LogP contribution in [0.1, 0.15) is 29.9 Å². The third-order valence-corrected chi connectivity index (χ3v) is 4.19. The summed E-state index contributed by atoms with van der Waals surface area (Å²) in [6.45, 7) is 2.74. The Morgan fingerprint density at radius 1 is 1.46 bits per heavy atom. The molecule has 128 valence electrons. The maximum Gasteiger partial charge on any atom is 0.221 e. The van der Waals surface area contributed by atoms with Crippen LogP contribution in [0.3, 0.4) is 0 Å². The number of H-pyrrole nitrogens is 1. The number of nitrogens with zero attached hydrogens (tertiary/aromatic N) is 1. The normalized spacial score (nSPS) is 20.3. The van der Waals surface area contributed by atoms with Crippen LogP contribution < -0.4 is 5.32 Å². The second-order valence-corrected chi connectivity index (χ2v) is 6.08. The minimum absolute atomic E-state index is 0.0574. The summed E-state index contributed by atoms with van der Waals surface area (Å²) in [6.07, 6.45) is 2.50. The molecule has 7 heteroatoms. The third-order valence-electron chi connectivity index (χ3n) is 4.19. The molecule has 1 amide bonds. The van der Waals surface area contributed by atoms with Crippen LogP contribution in [-0.4, -0.2) is 29.1 Å². The van der Waals surface area contributed by atoms with Gasteiger partial charge in [0.1, 0.15) is 23.0 Å². The first kappa shape index (κ1) is 16.6. The first-order valence-corrected chi connectivity index (χ1v) is 7.83. The number of hydrogen-bond donors (Lipinski definition) is 2. The quantitative estimate of drug-likeness (QED) is 0.881. The maximum atomic E-state index is 13.6. The van der Waals surface area contributed by atoms with E-state index in [1.54, 1.807) is 6.20 Å². The zero-order valence-corrected chi connectivity index (χ0v) is 13.4. The minimum atomic E-state index is -0.689. The lowest BCUT2D eigenvalue weighted by molar-refractivity contribution is -0.123. The van der Waals surface area contributed by atoms with Crippen LogP contribution in [0.4, 0.5) is 8.78 Å². The number of rotatable bonds is 5. The van der Waals surface area contributed by atoms with Crippen molar-refractivity contribution in [3.63, 3.8) is 0 Å². The Bertz CT molecular complexity index is 739. The van der Waals surface area contributed by atoms with Crippen molar-refractivity contribution in [2.45, 2.75) is 31.7 Å². The molecule has 0 aliphatic carbocycles. The fourth-order valence-corrected chi connectivity index (χ4v) is 2.88. The number of amides is 1. The summed E-state index contributed by atoms with van der Waals surface area (Å²) < 4.78 is 32.3. The van der Waals surface area contributed by atoms with E-state index in [2.05, 4.69) is 15.3 Å². The summed E-state index contributed by atoms with van der Waals surface area (Å²) in [4.78, 5) is 19.8. The largest absolute Gasteiger partial charge is 0.378 e. The Hall–Kier alpha value is -2.28. The number of aromatic nitrogens is 2. The fraction of sp³-hybridized carbons (Fsp3) is 0.412. The molecule has 3 rings (SSSR count). The Morgan fingerprint density at radius 2 is 2.29 bits per heavy atom. The van der Waals surface area contributed by atoms with Crippen LogP contribution in [0.15, 0.2) is 24.4 Å². The van der Waals surface area contributed by atoms with Crippen molar-refractivity contribution in [3.8, 4) is 0 Å². The topological polar surface area (TPSA) is 67.0 Å². The molecule has 1 atom stereocenters. The van der Waals surface area contributed by atoms with Crippen LogP contribution in [0.25, 0.3) is 0 Å². The lowest BCUT2D eigenvalue weighted by Gasteiger charge is -2.26. The van der Waals surface area contributed by atoms with Gasteiger partial charge in [0.15, 0.2) is 0 Å². The molecule has 1 unspecified atom stereocenters. The number of nitrogens with one attached hydrogen (secondary N) is 2. The van der Waals surface area contributed by atoms with Crippen LogP contribution in [0.2, 0.25) is 0 Å². The van der Waals surface area contributed by atoms with Crippen LogP contribution in [0, 0.1) is 18.6 Å². The van der Waals surface area contributed by atoms with E-state index in [4.69, 9.17) is 4.74 Å². The van der Waals surface area contributed by atoms with Crippen molar-refractivity contribution in [3.05, 3.63) is 53.1 Å². The van der Waals surface area contributed by atoms with Gasteiger partial charge in [0.25, 0.3) is 0 Å². The predicted molar refractivity (Wildman–Crippen MR) is 83.3 cm³/mol. The summed E-state index contributed by atoms with van der Waals surface area (Å²) in [6, 6.07) is 3.25. The average molecular weight is 335 g/mol. The van der Waals surface area contributed by atoms with Crippen LogP contribution in [0.5, 0.6) is 0 Å². The Kier molecular flexibility index (Phi) is 4.62. The molecule has 0 saturated carbocycles. The average Bonchev–Trinajstić information content (AvgIpc) is 3.18. The zero-order valence-electron chi connectivity index (χ0n) is 13.4. The SMILES string of the molecule is Cc1cnc(C2(NC(=O)CCc3cc(F)ccc3F)CCOC2)[nH]1. The van der Waals surface area contributed by atoms with Crippen LogP contribution in [-0.2, 0) is 21.5 Å². The van der Waals surface area contributed by atoms with Crippen molar-refractivity contribution < 1.29 is 18.3 Å². The molecule has 5 nitrogen and oxygen atoms in total. The monoisotopic (exact) mass is 335 g/mol. The van der Waals surface area contributed by atoms with E-state index >= 15 is 0 Å². The second-order valence-electron chi connectivity index (χ2n) is 6.08. The van der Waals surface area contributed by atoms with Gasteiger partial charge in [0.05, 0.1) is 6.61 Å². The van der Waals surface area contributed by atoms with Gasteiger partial charge < -0.3 is 15.0 Å². The van der Waals surface area contributed by atoms with E-state index in [9.17, 15) is 13.6 Å². The van der Waals surface area contributed by atoms with E-state index < -0.39 is 17.2 Å². The zero-order chi connectivity index (χ0) is 17.2. The van der Waals surface area contributed by atoms with Gasteiger partial charge in [0.2, 0.25) is 5.91 Å². The molecular formula is C17H19F2N3O2. The van der Waals surface area contributed by atoms with Crippen molar-refractivity contribution in [1.82, 2.24) is 15.3 Å². The van der Waals surface area contributed by atoms with Gasteiger partial charge in [-0.3, -0.25) is 4.79 Å². The highest BCUT2D eigenvalue weighted by Crippen LogP contribution is 2.28. The van der Waals surface area contributed by atoms with E-state index in [1.165, 1.54) is 0 Å². The number of halogens is 2. The number of benzene rings is 1. The number of hydrogen-bond acceptors (Lipinski definition) is 3. The first-order chi connectivity index (χ1) is 11.5. The number of ether oxygens (including phenoxy) is 1. The molecule has 1 aromatic heterocycles. The predicted octanol–water partition coefficient (Wildman–Crippen LogP) is 2.36. The molecule has 0 radical (unpaired) electrons. The van der Waals surface area contributed by atoms with Gasteiger partial charge in [-0.1, -0.05) is 0 Å². The molecule has 1 aliphatic heterocycles. The number of carbonyl (C=O) groups excluding carboxylic acids is 1. The summed E-state index contributed by atoms with van der Waals surface area (Å²) >= 11 is 0. The van der Waals surface area contributed by atoms with Gasteiger partial charge in [-0.2, -0.15) is 0 Å². The molecule has 0 spiro atoms. The highest BCUT2D eigenvalue weighted by atomic mass is 19.1. The molecule has 1 saturated heterocycles. The summed E-state index contributed by atoms with van der Waals surface area (Å²) in [7, 11) is 0. The van der Waals surface area contributed by atoms with Gasteiger partial charge in [-0.05, 0) is 37.1 Å². The Balaban J connectivity index is 1.67. The van der Waals surface area contributed by atoms with E-state index in [-0.39, 0.29) is 24.3 Å². The molecule has 24 heavy (non-hydrogen) atoms. The number of aromatic amines is 1. The number of carbonyl (C=O) groups is 1. The van der Waals surface area contributed by atoms with Gasteiger partial charge in [-0.15, -0.1) is 0 Å². The molecule has 1 aromatic carbocycles. The van der Waals surface area contributed by atoms with Crippen LogP contribution >= 0.6 is 0 Å². The standard InChI is InChI=1S/C17H19F2N3O2/c1-11-9-20-16(21-11)17(6-7-24-10-17)22-15(23)5-2-12-8-13(18)3-4-14(12)19/h3-4,8-9H,2,5-7,10H2,1H3,(H,20,21)(H,22,23). The molecule has 1 aliphatic rings. The third kappa shape index (κ3) is 3.46. The lowest BCUT2D eigenvalue weighted by Crippen LogP contribution is -2.47. The number of aryl methyl sites for hydroxylation is 2. The summed E-state index contributed by atoms with van der Waals surface area (Å²) in [5, 5.41) is 2.95. The Morgan fingerprint density at radius 3 is 2.96 bits per heavy atom. The van der Waals surface area contributed by atoms with Gasteiger partial charge in [-0.25, -0.2) is 13.8 Å². The minimum Gasteiger partial charge on any atom is -0.378 e. The summed E-state index contributed by atoms with van der Waals surface area (Å²) in [5.74, 6) is -0.621. The maximum absolute atomic E-state index is 13.6. The lowest BCUT2D eigenvalue weighted by atomic mass is 9.97. The van der Waals surface area contributed by atoms with Gasteiger partial charge >= 0.3 is 0 Å². The van der Waals surface area contributed by atoms with Gasteiger partial charge in [0, 0.05) is 31.3 Å². The molecule has 1 fully saturated rings. The molecule has 2 heterocycles. The highest BCUT2D eigenvalue weighted by molar-refractivity contribution is 5.77. The molecule has 2 aromatic rings. The second kappa shape index (κ2) is 6.68. The molecule has 0 bridgehead atoms. The number of imidazole rings is 1. The van der Waals surface area contributed by atoms with E-state index in [1.807, 2.05) is 6.92 Å². The fourth-order valence-electron chi connectivity index (χ4n) is 2.88. The van der Waals surface area contributed by atoms with Crippen molar-refractivity contribution in [2.24, 2.45) is 0 Å². The smallest absolute Gasteiger partial charge is 0.221 e. The van der Waals surface area contributed by atoms with E-state index in [0.29, 0.717) is 25.5 Å². The molecular weight excluding hydrogens is 316 g/mol. The van der Waals surface area contributed by atoms with Crippen molar-refractivity contribution in [2.75, 3.05) is 13.2 Å². The molecule has 2 N–H and O–H groups in total. The highest BCUT2D eigenvalue weighted by Gasteiger charge is 2.40. The summed E-state index contributed by atoms with van der Waals surface area (Å²) in [5.41, 5.74) is 0.398. The van der Waals surface area contributed by atoms with Crippen molar-refractivity contribution >= 4 is 5.91 Å². The van der Waals surface area contributed by atoms with E-state index in [0.717, 1.165) is 23.9 Å².